The molecule has 0 aliphatic rings. The van der Waals surface area contributed by atoms with Gasteiger partial charge in [-0.25, -0.2) is 4.79 Å². The molecule has 0 heterocycles. The summed E-state index contributed by atoms with van der Waals surface area (Å²) in [5.41, 5.74) is 0. The summed E-state index contributed by atoms with van der Waals surface area (Å²) in [5.74, 6) is 0.375. The van der Waals surface area contributed by atoms with Crippen molar-refractivity contribution in [2.24, 2.45) is 0 Å². The first-order valence-electron chi connectivity index (χ1n) is 2.76. The molecule has 0 aromatic carbocycles. The fraction of sp³-hybridized carbons (Fsp3) is 0.600. The summed E-state index contributed by atoms with van der Waals surface area (Å²) in [5, 5.41) is 12.8. The summed E-state index contributed by atoms with van der Waals surface area (Å²) in [6.07, 6.45) is 0. The normalized spacial score (nSPS) is 8.00. The maximum Gasteiger partial charge on any atom is 0.315 e. The van der Waals surface area contributed by atoms with Gasteiger partial charge in [0, 0.05) is 12.4 Å². The number of hydrogen-bond donors (Lipinski definition) is 2. The van der Waals surface area contributed by atoms with Gasteiger partial charge in [-0.2, -0.15) is 5.26 Å². The van der Waals surface area contributed by atoms with Crippen LogP contribution in [0.25, 0.3) is 0 Å². The third-order valence-corrected chi connectivity index (χ3v) is 0.897. The first-order valence-corrected chi connectivity index (χ1v) is 3.29. The zero-order valence-corrected chi connectivity index (χ0v) is 6.11. The minimum absolute atomic E-state index is 0.0219. The number of halogens is 1. The maximum atomic E-state index is 10.5. The summed E-state index contributed by atoms with van der Waals surface area (Å²) in [7, 11) is 0. The SMILES string of the molecule is N#CCNC(=O)NCCCl. The fourth-order valence-electron chi connectivity index (χ4n) is 0.343. The lowest BCUT2D eigenvalue weighted by Crippen LogP contribution is -2.36. The third kappa shape index (κ3) is 5.19. The Kier molecular flexibility index (Phi) is 5.59. The number of urea groups is 1. The number of nitrogens with one attached hydrogen (secondary N) is 2. The fourth-order valence-corrected chi connectivity index (χ4v) is 0.438. The lowest BCUT2D eigenvalue weighted by atomic mass is 10.7. The van der Waals surface area contributed by atoms with E-state index in [1.807, 2.05) is 0 Å². The highest BCUT2D eigenvalue weighted by molar-refractivity contribution is 6.18. The summed E-state index contributed by atoms with van der Waals surface area (Å²) >= 11 is 5.27. The van der Waals surface area contributed by atoms with E-state index in [4.69, 9.17) is 16.9 Å². The van der Waals surface area contributed by atoms with Crippen molar-refractivity contribution in [2.45, 2.75) is 0 Å². The predicted octanol–water partition coefficient (Wildman–Crippen LogP) is 0.0480. The summed E-state index contributed by atoms with van der Waals surface area (Å²) < 4.78 is 0. The summed E-state index contributed by atoms with van der Waals surface area (Å²) in [4.78, 5) is 10.5. The van der Waals surface area contributed by atoms with Gasteiger partial charge in [-0.15, -0.1) is 11.6 Å². The van der Waals surface area contributed by atoms with Gasteiger partial charge in [0.25, 0.3) is 0 Å². The molecule has 0 unspecified atom stereocenters. The Morgan fingerprint density at radius 1 is 1.60 bits per heavy atom. The van der Waals surface area contributed by atoms with Gasteiger partial charge < -0.3 is 10.6 Å². The number of alkyl halides is 1. The molecule has 0 bridgehead atoms. The van der Waals surface area contributed by atoms with E-state index < -0.39 is 0 Å². The van der Waals surface area contributed by atoms with E-state index in [0.29, 0.717) is 12.4 Å². The van der Waals surface area contributed by atoms with E-state index in [9.17, 15) is 4.79 Å². The van der Waals surface area contributed by atoms with Crippen LogP contribution in [0.5, 0.6) is 0 Å². The zero-order chi connectivity index (χ0) is 7.82. The van der Waals surface area contributed by atoms with Crippen molar-refractivity contribution in [3.63, 3.8) is 0 Å². The molecule has 0 spiro atoms. The molecule has 0 fully saturated rings. The molecule has 5 heteroatoms. The van der Waals surface area contributed by atoms with Gasteiger partial charge >= 0.3 is 6.03 Å². The van der Waals surface area contributed by atoms with Crippen molar-refractivity contribution in [3.05, 3.63) is 0 Å². The molecule has 4 nitrogen and oxygen atoms in total. The molecule has 0 aliphatic carbocycles. The van der Waals surface area contributed by atoms with Crippen LogP contribution in [0.15, 0.2) is 0 Å². The number of nitriles is 1. The highest BCUT2D eigenvalue weighted by Gasteiger charge is 1.94. The van der Waals surface area contributed by atoms with Crippen LogP contribution >= 0.6 is 11.6 Å². The number of rotatable bonds is 3. The zero-order valence-electron chi connectivity index (χ0n) is 5.35. The van der Waals surface area contributed by atoms with Crippen molar-refractivity contribution in [1.82, 2.24) is 10.6 Å². The average molecular weight is 162 g/mol. The Morgan fingerprint density at radius 3 is 2.80 bits per heavy atom. The summed E-state index contributed by atoms with van der Waals surface area (Å²) in [6, 6.07) is 1.41. The van der Waals surface area contributed by atoms with Crippen molar-refractivity contribution in [2.75, 3.05) is 19.0 Å². The van der Waals surface area contributed by atoms with Crippen LogP contribution in [-0.2, 0) is 0 Å². The second-order valence-corrected chi connectivity index (χ2v) is 1.83. The minimum Gasteiger partial charge on any atom is -0.337 e. The van der Waals surface area contributed by atoms with Crippen molar-refractivity contribution in [3.8, 4) is 6.07 Å². The van der Waals surface area contributed by atoms with Gasteiger partial charge in [0.05, 0.1) is 6.07 Å². The van der Waals surface area contributed by atoms with Crippen molar-refractivity contribution >= 4 is 17.6 Å². The molecule has 0 aromatic rings. The highest BCUT2D eigenvalue weighted by atomic mass is 35.5. The smallest absolute Gasteiger partial charge is 0.315 e. The molecule has 0 aliphatic heterocycles. The van der Waals surface area contributed by atoms with Crippen LogP contribution < -0.4 is 10.6 Å². The second kappa shape index (κ2) is 6.17. The van der Waals surface area contributed by atoms with Gasteiger partial charge in [-0.05, 0) is 0 Å². The number of carbonyl (C=O) groups is 1. The van der Waals surface area contributed by atoms with Crippen LogP contribution in [0, 0.1) is 11.3 Å². The Morgan fingerprint density at radius 2 is 2.30 bits per heavy atom. The standard InChI is InChI=1S/C5H8ClN3O/c6-1-3-8-5(10)9-4-2-7/h1,3-4H2,(H2,8,9,10). The van der Waals surface area contributed by atoms with E-state index in [1.54, 1.807) is 6.07 Å². The van der Waals surface area contributed by atoms with E-state index in [2.05, 4.69) is 10.6 Å². The summed E-state index contributed by atoms with van der Waals surface area (Å²) in [6.45, 7) is 0.437. The average Bonchev–Trinajstić information content (AvgIpc) is 1.97. The Labute approximate surface area is 64.2 Å². The molecule has 56 valence electrons. The van der Waals surface area contributed by atoms with Crippen LogP contribution in [-0.4, -0.2) is 25.0 Å². The molecule has 0 radical (unpaired) electrons. The topological polar surface area (TPSA) is 64.9 Å². The molecule has 2 N–H and O–H groups in total. The molecular formula is C5H8ClN3O. The highest BCUT2D eigenvalue weighted by Crippen LogP contribution is 1.69. The van der Waals surface area contributed by atoms with Crippen molar-refractivity contribution < 1.29 is 4.79 Å². The molecule has 0 saturated heterocycles. The first kappa shape index (κ1) is 9.05. The Hall–Kier alpha value is -0.950. The lowest BCUT2D eigenvalue weighted by molar-refractivity contribution is 0.242. The number of carbonyl (C=O) groups excluding carboxylic acids is 1. The maximum absolute atomic E-state index is 10.5. The van der Waals surface area contributed by atoms with Gasteiger partial charge in [0.2, 0.25) is 0 Å². The first-order chi connectivity index (χ1) is 4.81. The quantitative estimate of drug-likeness (QED) is 0.454. The Balaban J connectivity index is 3.19. The van der Waals surface area contributed by atoms with Crippen LogP contribution in [0.4, 0.5) is 4.79 Å². The molecule has 0 aromatic heterocycles. The number of hydrogen-bond acceptors (Lipinski definition) is 2. The van der Waals surface area contributed by atoms with E-state index in [1.165, 1.54) is 0 Å². The Bertz CT molecular complexity index is 142. The molecule has 0 atom stereocenters. The largest absolute Gasteiger partial charge is 0.337 e. The molecule has 0 saturated carbocycles. The molecule has 2 amide bonds. The molecular weight excluding hydrogens is 154 g/mol. The van der Waals surface area contributed by atoms with Gasteiger partial charge in [0.1, 0.15) is 6.54 Å². The van der Waals surface area contributed by atoms with Gasteiger partial charge in [0.15, 0.2) is 0 Å². The van der Waals surface area contributed by atoms with E-state index >= 15 is 0 Å². The van der Waals surface area contributed by atoms with E-state index in [0.717, 1.165) is 0 Å². The monoisotopic (exact) mass is 161 g/mol. The lowest BCUT2D eigenvalue weighted by Gasteiger charge is -2.00. The second-order valence-electron chi connectivity index (χ2n) is 1.46. The molecule has 0 rings (SSSR count). The van der Waals surface area contributed by atoms with Gasteiger partial charge in [-0.1, -0.05) is 0 Å². The minimum atomic E-state index is -0.359. The van der Waals surface area contributed by atoms with Gasteiger partial charge in [-0.3, -0.25) is 0 Å². The third-order valence-electron chi connectivity index (χ3n) is 0.708. The predicted molar refractivity (Wildman–Crippen MR) is 37.7 cm³/mol. The molecule has 10 heavy (non-hydrogen) atoms. The van der Waals surface area contributed by atoms with Crippen LogP contribution in [0.2, 0.25) is 0 Å². The van der Waals surface area contributed by atoms with E-state index in [-0.39, 0.29) is 12.6 Å². The number of amides is 2. The van der Waals surface area contributed by atoms with Crippen LogP contribution in [0.1, 0.15) is 0 Å². The van der Waals surface area contributed by atoms with Crippen molar-refractivity contribution in [1.29, 1.82) is 5.26 Å². The number of nitrogens with zero attached hydrogens (tertiary/aromatic N) is 1. The van der Waals surface area contributed by atoms with Crippen LogP contribution in [0.3, 0.4) is 0 Å².